The molecule has 1 saturated carbocycles. The molecule has 7 amide bonds. The minimum atomic E-state index is -1.19. The molecule has 1 saturated heterocycles. The van der Waals surface area contributed by atoms with E-state index in [0.29, 0.717) is 30.9 Å². The number of imidazole rings is 1. The maximum atomic E-state index is 13.5. The van der Waals surface area contributed by atoms with Gasteiger partial charge in [0, 0.05) is 24.9 Å². The van der Waals surface area contributed by atoms with E-state index in [9.17, 15) is 33.6 Å². The number of primary amides is 1. The molecule has 284 valence electrons. The zero-order valence-electron chi connectivity index (χ0n) is 29.6. The van der Waals surface area contributed by atoms with Crippen molar-refractivity contribution in [3.8, 4) is 0 Å². The summed E-state index contributed by atoms with van der Waals surface area (Å²) in [6, 6.07) is -5.64. The second kappa shape index (κ2) is 20.9. The van der Waals surface area contributed by atoms with Gasteiger partial charge in [0.25, 0.3) is 0 Å². The van der Waals surface area contributed by atoms with E-state index in [4.69, 9.17) is 11.5 Å². The molecule has 2 heterocycles. The Hall–Kier alpha value is -4.58. The topological polar surface area (TPSA) is 284 Å². The van der Waals surface area contributed by atoms with Crippen LogP contribution in [0.2, 0.25) is 0 Å². The average Bonchev–Trinajstić information content (AvgIpc) is 3.84. The Balaban J connectivity index is 1.61. The van der Waals surface area contributed by atoms with Crippen LogP contribution < -0.4 is 48.7 Å². The summed E-state index contributed by atoms with van der Waals surface area (Å²) in [5.41, 5.74) is 11.2. The van der Waals surface area contributed by atoms with E-state index < -0.39 is 72.2 Å². The van der Waals surface area contributed by atoms with Crippen molar-refractivity contribution in [1.82, 2.24) is 47.2 Å². The van der Waals surface area contributed by atoms with E-state index in [1.165, 1.54) is 19.4 Å². The number of hydrogen-bond acceptors (Lipinski definition) is 10. The molecule has 0 spiro atoms. The van der Waals surface area contributed by atoms with Gasteiger partial charge in [0.05, 0.1) is 18.9 Å². The lowest BCUT2D eigenvalue weighted by atomic mass is 9.84. The van der Waals surface area contributed by atoms with Gasteiger partial charge in [0.15, 0.2) is 0 Å². The highest BCUT2D eigenvalue weighted by Crippen LogP contribution is 2.27. The van der Waals surface area contributed by atoms with E-state index in [1.807, 2.05) is 6.92 Å². The molecule has 18 nitrogen and oxygen atoms in total. The first-order chi connectivity index (χ1) is 24.4. The molecule has 18 heteroatoms. The van der Waals surface area contributed by atoms with Crippen LogP contribution in [0.25, 0.3) is 0 Å². The molecule has 51 heavy (non-hydrogen) atoms. The van der Waals surface area contributed by atoms with Crippen LogP contribution in [0.1, 0.15) is 83.7 Å². The maximum absolute atomic E-state index is 13.5. The highest BCUT2D eigenvalue weighted by molar-refractivity contribution is 5.96. The predicted molar refractivity (Wildman–Crippen MR) is 186 cm³/mol. The second-order valence-corrected chi connectivity index (χ2v) is 13.3. The lowest BCUT2D eigenvalue weighted by Gasteiger charge is -2.27. The quantitative estimate of drug-likeness (QED) is 0.0676. The first kappa shape index (κ1) is 40.8. The Morgan fingerprint density at radius 3 is 2.16 bits per heavy atom. The summed E-state index contributed by atoms with van der Waals surface area (Å²) in [4.78, 5) is 97.0. The van der Waals surface area contributed by atoms with Gasteiger partial charge in [-0.25, -0.2) is 4.98 Å². The Morgan fingerprint density at radius 1 is 0.843 bits per heavy atom. The molecule has 0 radical (unpaired) electrons. The smallest absolute Gasteiger partial charge is 0.243 e. The molecule has 0 bridgehead atoms. The van der Waals surface area contributed by atoms with Crippen molar-refractivity contribution in [2.75, 3.05) is 19.6 Å². The summed E-state index contributed by atoms with van der Waals surface area (Å²) in [5.74, 6) is -3.95. The second-order valence-electron chi connectivity index (χ2n) is 13.3. The molecule has 0 unspecified atom stereocenters. The van der Waals surface area contributed by atoms with Crippen molar-refractivity contribution < 1.29 is 33.6 Å². The summed E-state index contributed by atoms with van der Waals surface area (Å²) in [6.07, 6.45) is 10.9. The molecule has 6 atom stereocenters. The SMILES string of the molecule is CCC[C@H](NC(=O)CNC(=O)[C@H](CC1CCCCC1)NC(=O)[C@@H]1CCCN1)C(=O)N[C@@H](Cc1cnc[nH]1)C(=O)N[C@@H](C)C(=O)N[C@@H](CN)C(N)=O. The van der Waals surface area contributed by atoms with Crippen LogP contribution in [-0.2, 0) is 40.0 Å². The van der Waals surface area contributed by atoms with Gasteiger partial charge < -0.3 is 53.7 Å². The van der Waals surface area contributed by atoms with Crippen molar-refractivity contribution in [3.63, 3.8) is 0 Å². The number of aromatic amines is 1. The summed E-state index contributed by atoms with van der Waals surface area (Å²) in [6.45, 7) is 3.29. The van der Waals surface area contributed by atoms with Crippen LogP contribution in [0.4, 0.5) is 0 Å². The van der Waals surface area contributed by atoms with E-state index in [0.717, 1.165) is 45.1 Å². The highest BCUT2D eigenvalue weighted by atomic mass is 16.2. The van der Waals surface area contributed by atoms with E-state index in [-0.39, 0.29) is 31.3 Å². The van der Waals surface area contributed by atoms with E-state index >= 15 is 0 Å². The first-order valence-corrected chi connectivity index (χ1v) is 17.9. The third-order valence-electron chi connectivity index (χ3n) is 9.22. The number of nitrogens with one attached hydrogen (secondary N) is 8. The van der Waals surface area contributed by atoms with Crippen LogP contribution >= 0.6 is 0 Å². The van der Waals surface area contributed by atoms with Gasteiger partial charge in [-0.3, -0.25) is 33.6 Å². The third kappa shape index (κ3) is 13.6. The molecule has 0 aromatic carbocycles. The molecular weight excluding hydrogens is 662 g/mol. The minimum Gasteiger partial charge on any atom is -0.368 e. The lowest BCUT2D eigenvalue weighted by molar-refractivity contribution is -0.134. The van der Waals surface area contributed by atoms with Crippen LogP contribution in [0, 0.1) is 5.92 Å². The Kier molecular flexibility index (Phi) is 16.8. The predicted octanol–water partition coefficient (Wildman–Crippen LogP) is -2.52. The average molecular weight is 718 g/mol. The van der Waals surface area contributed by atoms with Crippen LogP contribution in [0.3, 0.4) is 0 Å². The highest BCUT2D eigenvalue weighted by Gasteiger charge is 2.32. The number of H-pyrrole nitrogens is 1. The van der Waals surface area contributed by atoms with Crippen LogP contribution in [0.5, 0.6) is 0 Å². The Labute approximate surface area is 297 Å². The number of carbonyl (C=O) groups excluding carboxylic acids is 7. The molecule has 12 N–H and O–H groups in total. The van der Waals surface area contributed by atoms with Gasteiger partial charge >= 0.3 is 0 Å². The number of nitrogens with zero attached hydrogens (tertiary/aromatic N) is 1. The monoisotopic (exact) mass is 717 g/mol. The molecule has 1 aliphatic carbocycles. The zero-order valence-corrected chi connectivity index (χ0v) is 29.6. The molecule has 1 aromatic heterocycles. The minimum absolute atomic E-state index is 0.0219. The summed E-state index contributed by atoms with van der Waals surface area (Å²) in [7, 11) is 0. The fourth-order valence-electron chi connectivity index (χ4n) is 6.28. The van der Waals surface area contributed by atoms with Gasteiger partial charge in [0.2, 0.25) is 41.4 Å². The van der Waals surface area contributed by atoms with Crippen LogP contribution in [-0.4, -0.2) is 107 Å². The van der Waals surface area contributed by atoms with E-state index in [2.05, 4.69) is 47.2 Å². The normalized spacial score (nSPS) is 19.0. The molecule has 1 aromatic rings. The lowest BCUT2D eigenvalue weighted by Crippen LogP contribution is -2.59. The van der Waals surface area contributed by atoms with Crippen LogP contribution in [0.15, 0.2) is 12.5 Å². The fourth-order valence-corrected chi connectivity index (χ4v) is 6.28. The largest absolute Gasteiger partial charge is 0.368 e. The number of amides is 7. The van der Waals surface area contributed by atoms with Crippen molar-refractivity contribution >= 4 is 41.4 Å². The van der Waals surface area contributed by atoms with Crippen molar-refractivity contribution in [1.29, 1.82) is 0 Å². The summed E-state index contributed by atoms with van der Waals surface area (Å²) < 4.78 is 0. The molecule has 2 aliphatic rings. The number of rotatable bonds is 20. The summed E-state index contributed by atoms with van der Waals surface area (Å²) in [5, 5.41) is 18.9. The standard InChI is InChI=1S/C33H55N11O7/c1-3-8-23(32(50)43-25(14-21-16-36-18-39-21)33(51)40-19(2)29(47)44-26(15-34)28(35)46)41-27(45)17-38-30(48)24(13-20-9-5-4-6-10-20)42-31(49)22-11-7-12-37-22/h16,18-20,22-26,37H,3-15,17,34H2,1-2H3,(H2,35,46)(H,36,39)(H,38,48)(H,40,51)(H,41,45)(H,42,49)(H,43,50)(H,44,47)/t19-,22-,23-,24-,25-,26-/m0/s1. The maximum Gasteiger partial charge on any atom is 0.243 e. The van der Waals surface area contributed by atoms with Crippen molar-refractivity contribution in [2.45, 2.75) is 121 Å². The van der Waals surface area contributed by atoms with Gasteiger partial charge in [0.1, 0.15) is 30.2 Å². The Morgan fingerprint density at radius 2 is 1.55 bits per heavy atom. The van der Waals surface area contributed by atoms with E-state index in [1.54, 1.807) is 0 Å². The Bertz CT molecular complexity index is 1330. The zero-order chi connectivity index (χ0) is 37.3. The van der Waals surface area contributed by atoms with Gasteiger partial charge in [-0.15, -0.1) is 0 Å². The first-order valence-electron chi connectivity index (χ1n) is 17.9. The third-order valence-corrected chi connectivity index (χ3v) is 9.22. The molecule has 3 rings (SSSR count). The number of carbonyl (C=O) groups is 7. The molecular formula is C33H55N11O7. The number of aromatic nitrogens is 2. The molecule has 2 fully saturated rings. The fraction of sp³-hybridized carbons (Fsp3) is 0.697. The van der Waals surface area contributed by atoms with Crippen molar-refractivity contribution in [3.05, 3.63) is 18.2 Å². The number of nitrogens with two attached hydrogens (primary N) is 2. The summed E-state index contributed by atoms with van der Waals surface area (Å²) >= 11 is 0. The van der Waals surface area contributed by atoms with Gasteiger partial charge in [-0.1, -0.05) is 45.4 Å². The molecule has 1 aliphatic heterocycles. The van der Waals surface area contributed by atoms with Gasteiger partial charge in [-0.05, 0) is 45.1 Å². The number of hydrogen-bond donors (Lipinski definition) is 10. The van der Waals surface area contributed by atoms with Crippen molar-refractivity contribution in [2.24, 2.45) is 17.4 Å². The van der Waals surface area contributed by atoms with Gasteiger partial charge in [-0.2, -0.15) is 0 Å².